The summed E-state index contributed by atoms with van der Waals surface area (Å²) in [6.45, 7) is 12.4. The molecule has 4 atom stereocenters. The maximum Gasteiger partial charge on any atom is 0.502 e. The number of hydrogen-bond donors (Lipinski definition) is 0. The molecule has 3 amide bonds. The normalized spacial score (nSPS) is 19.7. The van der Waals surface area contributed by atoms with Gasteiger partial charge in [0.05, 0.1) is 52.5 Å². The summed E-state index contributed by atoms with van der Waals surface area (Å²) >= 11 is 0. The molecule has 5 rings (SSSR count). The first-order valence-corrected chi connectivity index (χ1v) is 19.1. The van der Waals surface area contributed by atoms with Crippen LogP contribution in [0.4, 0.5) is 4.79 Å². The van der Waals surface area contributed by atoms with Crippen molar-refractivity contribution in [3.8, 4) is 17.6 Å². The Labute approximate surface area is 319 Å². The summed E-state index contributed by atoms with van der Waals surface area (Å²) in [4.78, 5) is 27.1. The number of carbonyl (C=O) groups excluding carboxylic acids is 2. The van der Waals surface area contributed by atoms with Crippen molar-refractivity contribution >= 4 is 26.7 Å². The van der Waals surface area contributed by atoms with Gasteiger partial charge in [-0.15, -0.1) is 0 Å². The maximum atomic E-state index is 13.5. The number of nitriles is 1. The van der Waals surface area contributed by atoms with Gasteiger partial charge in [-0.25, -0.2) is 9.46 Å². The Hall–Kier alpha value is -4.47. The zero-order valence-corrected chi connectivity index (χ0v) is 32.9. The molecular formula is C41H50N4O8P+. The lowest BCUT2D eigenvalue weighted by atomic mass is 9.80. The average Bonchev–Trinajstić information content (AvgIpc) is 3.58. The molecule has 3 aromatic carbocycles. The summed E-state index contributed by atoms with van der Waals surface area (Å²) in [5.41, 5.74) is 1.57. The molecule has 1 fully saturated rings. The van der Waals surface area contributed by atoms with E-state index in [1.54, 1.807) is 14.2 Å². The van der Waals surface area contributed by atoms with E-state index in [0.717, 1.165) is 21.6 Å². The first kappa shape index (κ1) is 40.7. The van der Waals surface area contributed by atoms with Gasteiger partial charge in [-0.2, -0.15) is 19.5 Å². The van der Waals surface area contributed by atoms with E-state index in [0.29, 0.717) is 11.5 Å². The summed E-state index contributed by atoms with van der Waals surface area (Å²) in [5.74, 6) is 0.915. The molecule has 1 saturated heterocycles. The number of ether oxygens (including phenoxy) is 4. The number of carbonyl (C=O) groups is 2. The van der Waals surface area contributed by atoms with Gasteiger partial charge in [-0.1, -0.05) is 61.2 Å². The molecule has 0 aromatic heterocycles. The van der Waals surface area contributed by atoms with Crippen molar-refractivity contribution < 1.29 is 42.2 Å². The van der Waals surface area contributed by atoms with Gasteiger partial charge < -0.3 is 28.0 Å². The van der Waals surface area contributed by atoms with E-state index in [9.17, 15) is 14.9 Å². The molecule has 0 aliphatic carbocycles. The Morgan fingerprint density at radius 3 is 2.02 bits per heavy atom. The highest BCUT2D eigenvalue weighted by Gasteiger charge is 2.49. The zero-order valence-electron chi connectivity index (χ0n) is 32.0. The number of likely N-dealkylation sites (N-methyl/N-ethyl adjacent to an activating group) is 1. The number of imide groups is 1. The number of urea groups is 1. The van der Waals surface area contributed by atoms with Crippen LogP contribution in [0.25, 0.3) is 0 Å². The number of nitrogens with zero attached hydrogens (tertiary/aromatic N) is 4. The molecule has 0 radical (unpaired) electrons. The van der Waals surface area contributed by atoms with Crippen molar-refractivity contribution in [2.45, 2.75) is 76.7 Å². The molecule has 2 heterocycles. The van der Waals surface area contributed by atoms with Crippen LogP contribution < -0.4 is 9.47 Å². The van der Waals surface area contributed by atoms with Crippen LogP contribution in [-0.2, 0) is 28.9 Å². The minimum Gasteiger partial charge on any atom is -0.497 e. The molecule has 0 N–H and O–H groups in total. The van der Waals surface area contributed by atoms with E-state index in [-0.39, 0.29) is 43.7 Å². The number of rotatable bonds is 17. The predicted molar refractivity (Wildman–Crippen MR) is 205 cm³/mol. The molecule has 286 valence electrons. The smallest absolute Gasteiger partial charge is 0.497 e. The zero-order chi connectivity index (χ0) is 39.0. The van der Waals surface area contributed by atoms with E-state index in [2.05, 4.69) is 45.0 Å². The summed E-state index contributed by atoms with van der Waals surface area (Å²) in [6, 6.07) is 27.2. The highest BCUT2D eigenvalue weighted by molar-refractivity contribution is 7.44. The Balaban J connectivity index is 1.60. The summed E-state index contributed by atoms with van der Waals surface area (Å²) in [6.07, 6.45) is -0.262. The molecular weight excluding hydrogens is 707 g/mol. The highest BCUT2D eigenvalue weighted by Crippen LogP contribution is 2.50. The first-order chi connectivity index (χ1) is 25.9. The summed E-state index contributed by atoms with van der Waals surface area (Å²) in [5, 5.41) is 9.31. The van der Waals surface area contributed by atoms with Crippen LogP contribution in [0, 0.1) is 11.3 Å². The second-order valence-corrected chi connectivity index (χ2v) is 15.0. The molecule has 0 saturated carbocycles. The van der Waals surface area contributed by atoms with Crippen molar-refractivity contribution in [3.05, 3.63) is 108 Å². The van der Waals surface area contributed by atoms with Crippen molar-refractivity contribution in [2.24, 2.45) is 0 Å². The van der Waals surface area contributed by atoms with Crippen molar-refractivity contribution in [1.29, 1.82) is 5.26 Å². The van der Waals surface area contributed by atoms with Crippen LogP contribution in [0.1, 0.15) is 57.2 Å². The van der Waals surface area contributed by atoms with Crippen LogP contribution in [0.15, 0.2) is 91.0 Å². The van der Waals surface area contributed by atoms with Crippen LogP contribution in [0.5, 0.6) is 11.5 Å². The van der Waals surface area contributed by atoms with Crippen molar-refractivity contribution in [2.75, 3.05) is 34.5 Å². The Kier molecular flexibility index (Phi) is 13.8. The number of methoxy groups -OCH3 is 2. The lowest BCUT2D eigenvalue weighted by Crippen LogP contribution is -2.49. The second-order valence-electron chi connectivity index (χ2n) is 13.6. The Morgan fingerprint density at radius 1 is 0.944 bits per heavy atom. The lowest BCUT2D eigenvalue weighted by molar-refractivity contribution is -0.528. The number of hydrogen-bond acceptors (Lipinski definition) is 10. The fourth-order valence-electron chi connectivity index (χ4n) is 6.78. The van der Waals surface area contributed by atoms with Crippen molar-refractivity contribution in [3.63, 3.8) is 0 Å². The van der Waals surface area contributed by atoms with E-state index >= 15 is 0 Å². The van der Waals surface area contributed by atoms with Gasteiger partial charge in [-0.05, 0) is 68.7 Å². The molecule has 54 heavy (non-hydrogen) atoms. The lowest BCUT2D eigenvalue weighted by Gasteiger charge is -2.39. The molecule has 13 heteroatoms. The summed E-state index contributed by atoms with van der Waals surface area (Å²) in [7, 11) is 2.99. The third-order valence-corrected chi connectivity index (χ3v) is 11.6. The minimum atomic E-state index is -1.68. The van der Waals surface area contributed by atoms with E-state index in [1.807, 2.05) is 78.9 Å². The molecule has 3 aromatic rings. The van der Waals surface area contributed by atoms with Gasteiger partial charge >= 0.3 is 11.9 Å². The van der Waals surface area contributed by atoms with Gasteiger partial charge in [-0.3, -0.25) is 0 Å². The van der Waals surface area contributed by atoms with Crippen molar-refractivity contribution in [1.82, 2.24) is 9.57 Å². The predicted octanol–water partition coefficient (Wildman–Crippen LogP) is 7.02. The fraction of sp³-hybridized carbons (Fsp3) is 0.415. The molecule has 1 unspecified atom stereocenters. The molecule has 0 spiro atoms. The number of benzene rings is 3. The van der Waals surface area contributed by atoms with E-state index < -0.39 is 44.5 Å². The van der Waals surface area contributed by atoms with Gasteiger partial charge in [0.2, 0.25) is 6.23 Å². The fourth-order valence-corrected chi connectivity index (χ4v) is 8.54. The topological polar surface area (TPSA) is 123 Å². The van der Waals surface area contributed by atoms with Gasteiger partial charge in [0.1, 0.15) is 35.5 Å². The second kappa shape index (κ2) is 18.2. The monoisotopic (exact) mass is 757 g/mol. The van der Waals surface area contributed by atoms with Crippen LogP contribution in [0.3, 0.4) is 0 Å². The molecule has 2 aliphatic heterocycles. The minimum absolute atomic E-state index is 0.0244. The number of amides is 3. The van der Waals surface area contributed by atoms with E-state index in [4.69, 9.17) is 28.0 Å². The Bertz CT molecular complexity index is 1770. The van der Waals surface area contributed by atoms with Gasteiger partial charge in [0.15, 0.2) is 0 Å². The van der Waals surface area contributed by atoms with Crippen LogP contribution in [0.2, 0.25) is 0 Å². The third-order valence-electron chi connectivity index (χ3n) is 9.40. The standard InChI is InChI=1S/C41H50N4O8P/c1-28(2)45(29(3)4)54(51-24-12-23-42)53-36-25-38(44-26-30(5)39(46)43(6)40(44)47)52-37(36)27-50-41(31-13-10-9-11-14-31,32-15-19-34(48-7)20-16-32)33-17-21-35(49-8)22-18-33/h9-11,13-22,26,28-29,36-38H,5,12,24-25,27H2,1-4,6-8H3/q+1/t36-,37+,38+,54?/m0/s1. The van der Waals surface area contributed by atoms with E-state index in [1.165, 1.54) is 17.8 Å². The molecule has 0 bridgehead atoms. The van der Waals surface area contributed by atoms with Crippen LogP contribution in [-0.4, -0.2) is 97.3 Å². The first-order valence-electron chi connectivity index (χ1n) is 18.0. The quantitative estimate of drug-likeness (QED) is 0.0467. The third kappa shape index (κ3) is 8.74. The molecule has 12 nitrogen and oxygen atoms in total. The summed E-state index contributed by atoms with van der Waals surface area (Å²) < 4.78 is 41.7. The highest BCUT2D eigenvalue weighted by atomic mass is 31.2. The maximum absolute atomic E-state index is 13.5. The largest absolute Gasteiger partial charge is 0.502 e. The SMILES string of the molecule is C=C1C=[N+]([C@H]2C[C@H](OP(OCCC#N)N(C(C)C)C(C)C)[C@@H](COC(c3ccccc3)(c3ccc(OC)cc3)c3ccc(OC)cc3)O2)C(=O)N(C)C1=O. The molecule has 2 aliphatic rings. The van der Waals surface area contributed by atoms with Gasteiger partial charge in [0, 0.05) is 18.5 Å². The van der Waals surface area contributed by atoms with Crippen LogP contribution >= 0.6 is 8.53 Å². The Morgan fingerprint density at radius 2 is 1.50 bits per heavy atom. The average molecular weight is 758 g/mol. The van der Waals surface area contributed by atoms with Gasteiger partial charge in [0.25, 0.3) is 8.53 Å².